The number of oxime groups is 1. The molecule has 0 unspecified atom stereocenters. The maximum absolute atomic E-state index is 10.5. The Kier molecular flexibility index (Phi) is 1.88. The number of carbonyl (C=O) groups is 1. The SMILES string of the molecule is CC(=O)O/N=C1/CCn2cccc21. The van der Waals surface area contributed by atoms with Gasteiger partial charge in [0, 0.05) is 26.1 Å². The average Bonchev–Trinajstić information content (AvgIpc) is 2.60. The van der Waals surface area contributed by atoms with E-state index in [1.165, 1.54) is 6.92 Å². The Morgan fingerprint density at radius 3 is 3.31 bits per heavy atom. The molecule has 1 aromatic heterocycles. The van der Waals surface area contributed by atoms with Crippen molar-refractivity contribution in [1.82, 2.24) is 4.57 Å². The van der Waals surface area contributed by atoms with Gasteiger partial charge in [-0.05, 0) is 12.1 Å². The Hall–Kier alpha value is -1.58. The number of aryl methyl sites for hydroxylation is 1. The van der Waals surface area contributed by atoms with Crippen LogP contribution in [0.15, 0.2) is 23.5 Å². The third kappa shape index (κ3) is 1.47. The van der Waals surface area contributed by atoms with Gasteiger partial charge in [0.05, 0.1) is 5.69 Å². The number of nitrogens with zero attached hydrogens (tertiary/aromatic N) is 2. The van der Waals surface area contributed by atoms with E-state index in [2.05, 4.69) is 14.6 Å². The lowest BCUT2D eigenvalue weighted by Crippen LogP contribution is -1.99. The van der Waals surface area contributed by atoms with Crippen LogP contribution in [0.2, 0.25) is 0 Å². The van der Waals surface area contributed by atoms with E-state index in [4.69, 9.17) is 0 Å². The van der Waals surface area contributed by atoms with Crippen molar-refractivity contribution in [2.75, 3.05) is 0 Å². The summed E-state index contributed by atoms with van der Waals surface area (Å²) >= 11 is 0. The van der Waals surface area contributed by atoms with Crippen LogP contribution < -0.4 is 0 Å². The van der Waals surface area contributed by atoms with E-state index in [1.807, 2.05) is 18.3 Å². The second-order valence-electron chi connectivity index (χ2n) is 2.96. The topological polar surface area (TPSA) is 43.6 Å². The maximum Gasteiger partial charge on any atom is 0.331 e. The summed E-state index contributed by atoms with van der Waals surface area (Å²) in [6, 6.07) is 3.92. The van der Waals surface area contributed by atoms with E-state index in [0.717, 1.165) is 24.4 Å². The molecular formula is C9H10N2O2. The zero-order valence-electron chi connectivity index (χ0n) is 7.36. The van der Waals surface area contributed by atoms with Gasteiger partial charge in [0.25, 0.3) is 0 Å². The number of hydrogen-bond acceptors (Lipinski definition) is 3. The van der Waals surface area contributed by atoms with Crippen molar-refractivity contribution in [3.05, 3.63) is 24.0 Å². The van der Waals surface area contributed by atoms with Gasteiger partial charge in [-0.25, -0.2) is 4.79 Å². The first kappa shape index (κ1) is 8.04. The van der Waals surface area contributed by atoms with Crippen LogP contribution in [0.1, 0.15) is 19.0 Å². The number of hydrogen-bond donors (Lipinski definition) is 0. The van der Waals surface area contributed by atoms with Gasteiger partial charge in [0.15, 0.2) is 0 Å². The molecule has 0 aliphatic carbocycles. The Morgan fingerprint density at radius 2 is 2.54 bits per heavy atom. The van der Waals surface area contributed by atoms with E-state index in [9.17, 15) is 4.79 Å². The summed E-state index contributed by atoms with van der Waals surface area (Å²) in [6.45, 7) is 2.26. The highest BCUT2D eigenvalue weighted by Crippen LogP contribution is 2.15. The summed E-state index contributed by atoms with van der Waals surface area (Å²) in [4.78, 5) is 15.1. The van der Waals surface area contributed by atoms with Crippen LogP contribution in [0.3, 0.4) is 0 Å². The van der Waals surface area contributed by atoms with Crippen molar-refractivity contribution in [3.63, 3.8) is 0 Å². The summed E-state index contributed by atoms with van der Waals surface area (Å²) in [7, 11) is 0. The van der Waals surface area contributed by atoms with Crippen molar-refractivity contribution in [1.29, 1.82) is 0 Å². The molecule has 0 atom stereocenters. The molecule has 2 rings (SSSR count). The molecule has 0 N–H and O–H groups in total. The molecule has 2 heterocycles. The second-order valence-corrected chi connectivity index (χ2v) is 2.96. The minimum absolute atomic E-state index is 0.377. The number of carbonyl (C=O) groups excluding carboxylic acids is 1. The summed E-state index contributed by atoms with van der Waals surface area (Å²) in [6.07, 6.45) is 2.83. The lowest BCUT2D eigenvalue weighted by molar-refractivity contribution is -0.140. The molecule has 0 saturated carbocycles. The van der Waals surface area contributed by atoms with Crippen molar-refractivity contribution < 1.29 is 9.63 Å². The fourth-order valence-electron chi connectivity index (χ4n) is 1.44. The average molecular weight is 178 g/mol. The summed E-state index contributed by atoms with van der Waals surface area (Å²) in [5, 5.41) is 3.78. The van der Waals surface area contributed by atoms with Crippen LogP contribution in [0.4, 0.5) is 0 Å². The van der Waals surface area contributed by atoms with Crippen LogP contribution in [-0.4, -0.2) is 16.2 Å². The van der Waals surface area contributed by atoms with Gasteiger partial charge in [-0.15, -0.1) is 0 Å². The van der Waals surface area contributed by atoms with E-state index in [-0.39, 0.29) is 5.97 Å². The third-order valence-electron chi connectivity index (χ3n) is 2.00. The molecular weight excluding hydrogens is 168 g/mol. The fourth-order valence-corrected chi connectivity index (χ4v) is 1.44. The summed E-state index contributed by atoms with van der Waals surface area (Å²) < 4.78 is 2.09. The predicted molar refractivity (Wildman–Crippen MR) is 47.4 cm³/mol. The molecule has 0 amide bonds. The molecule has 68 valence electrons. The van der Waals surface area contributed by atoms with E-state index >= 15 is 0 Å². The van der Waals surface area contributed by atoms with Crippen molar-refractivity contribution in [2.24, 2.45) is 5.16 Å². The minimum Gasteiger partial charge on any atom is -0.346 e. The van der Waals surface area contributed by atoms with Crippen LogP contribution in [0.25, 0.3) is 0 Å². The molecule has 1 aromatic rings. The minimum atomic E-state index is -0.377. The Bertz CT molecular complexity index is 365. The van der Waals surface area contributed by atoms with Gasteiger partial charge in [0.1, 0.15) is 5.71 Å². The zero-order chi connectivity index (χ0) is 9.26. The van der Waals surface area contributed by atoms with Crippen LogP contribution >= 0.6 is 0 Å². The Balaban J connectivity index is 2.20. The molecule has 0 aromatic carbocycles. The second kappa shape index (κ2) is 3.05. The van der Waals surface area contributed by atoms with Gasteiger partial charge in [-0.1, -0.05) is 5.16 Å². The zero-order valence-corrected chi connectivity index (χ0v) is 7.36. The number of rotatable bonds is 1. The third-order valence-corrected chi connectivity index (χ3v) is 2.00. The molecule has 0 radical (unpaired) electrons. The number of aromatic nitrogens is 1. The summed E-state index contributed by atoms with van der Waals surface area (Å²) in [5.41, 5.74) is 1.89. The van der Waals surface area contributed by atoms with Crippen LogP contribution in [0.5, 0.6) is 0 Å². The predicted octanol–water partition coefficient (Wildman–Crippen LogP) is 1.16. The smallest absolute Gasteiger partial charge is 0.331 e. The molecule has 4 heteroatoms. The monoisotopic (exact) mass is 178 g/mol. The van der Waals surface area contributed by atoms with Crippen LogP contribution in [-0.2, 0) is 16.2 Å². The molecule has 0 bridgehead atoms. The Morgan fingerprint density at radius 1 is 1.69 bits per heavy atom. The van der Waals surface area contributed by atoms with Gasteiger partial charge >= 0.3 is 5.97 Å². The highest BCUT2D eigenvalue weighted by atomic mass is 16.7. The molecule has 13 heavy (non-hydrogen) atoms. The standard InChI is InChI=1S/C9H10N2O2/c1-7(12)13-10-8-4-6-11-5-2-3-9(8)11/h2-3,5H,4,6H2,1H3/b10-8-. The fraction of sp³-hybridized carbons (Fsp3) is 0.333. The van der Waals surface area contributed by atoms with Gasteiger partial charge in [-0.3, -0.25) is 0 Å². The molecule has 0 saturated heterocycles. The highest BCUT2D eigenvalue weighted by molar-refractivity contribution is 6.00. The van der Waals surface area contributed by atoms with Crippen molar-refractivity contribution >= 4 is 11.7 Å². The maximum atomic E-state index is 10.5. The van der Waals surface area contributed by atoms with Crippen LogP contribution in [0, 0.1) is 0 Å². The lowest BCUT2D eigenvalue weighted by atomic mass is 10.2. The van der Waals surface area contributed by atoms with Gasteiger partial charge in [-0.2, -0.15) is 0 Å². The molecule has 1 aliphatic heterocycles. The molecule has 0 fully saturated rings. The molecule has 1 aliphatic rings. The van der Waals surface area contributed by atoms with E-state index in [1.54, 1.807) is 0 Å². The number of fused-ring (bicyclic) bond motifs is 1. The first-order valence-electron chi connectivity index (χ1n) is 4.17. The van der Waals surface area contributed by atoms with Crippen molar-refractivity contribution in [3.8, 4) is 0 Å². The first-order valence-corrected chi connectivity index (χ1v) is 4.17. The molecule has 0 spiro atoms. The first-order chi connectivity index (χ1) is 6.27. The normalized spacial score (nSPS) is 17.5. The van der Waals surface area contributed by atoms with Gasteiger partial charge in [0.2, 0.25) is 0 Å². The van der Waals surface area contributed by atoms with Crippen molar-refractivity contribution in [2.45, 2.75) is 19.9 Å². The van der Waals surface area contributed by atoms with E-state index in [0.29, 0.717) is 0 Å². The quantitative estimate of drug-likeness (QED) is 0.478. The lowest BCUT2D eigenvalue weighted by Gasteiger charge is -1.94. The summed E-state index contributed by atoms with van der Waals surface area (Å²) in [5.74, 6) is -0.377. The molecule has 4 nitrogen and oxygen atoms in total. The van der Waals surface area contributed by atoms with E-state index < -0.39 is 0 Å². The largest absolute Gasteiger partial charge is 0.346 e. The Labute approximate surface area is 75.8 Å². The highest BCUT2D eigenvalue weighted by Gasteiger charge is 2.16. The van der Waals surface area contributed by atoms with Gasteiger partial charge < -0.3 is 9.40 Å².